The first kappa shape index (κ1) is 17.9. The van der Waals surface area contributed by atoms with Crippen molar-refractivity contribution in [3.05, 3.63) is 45.5 Å². The van der Waals surface area contributed by atoms with E-state index in [0.717, 1.165) is 11.8 Å². The number of hydrogen-bond acceptors (Lipinski definition) is 6. The van der Waals surface area contributed by atoms with Crippen LogP contribution in [0.3, 0.4) is 0 Å². The minimum atomic E-state index is -1.23. The zero-order chi connectivity index (χ0) is 17.7. The second kappa shape index (κ2) is 7.87. The predicted octanol–water partition coefficient (Wildman–Crippen LogP) is 2.33. The van der Waals surface area contributed by atoms with Crippen LogP contribution in [0.25, 0.3) is 0 Å². The van der Waals surface area contributed by atoms with Crippen LogP contribution in [0.4, 0.5) is 0 Å². The molecule has 1 amide bonds. The van der Waals surface area contributed by atoms with Crippen molar-refractivity contribution in [3.8, 4) is 12.1 Å². The molecule has 8 heteroatoms. The number of methoxy groups -OCH3 is 1. The third-order valence-electron chi connectivity index (χ3n) is 3.51. The molecule has 2 rings (SSSR count). The predicted molar refractivity (Wildman–Crippen MR) is 88.6 cm³/mol. The van der Waals surface area contributed by atoms with E-state index in [4.69, 9.17) is 21.6 Å². The number of amides is 1. The highest BCUT2D eigenvalue weighted by Crippen LogP contribution is 2.42. The molecule has 1 heterocycles. The number of nitrogens with zero attached hydrogens (tertiary/aromatic N) is 2. The molecule has 1 aliphatic heterocycles. The van der Waals surface area contributed by atoms with Gasteiger partial charge in [-0.15, -0.1) is 0 Å². The number of carbonyl (C=O) groups is 2. The van der Waals surface area contributed by atoms with Crippen LogP contribution in [0, 0.1) is 28.6 Å². The molecule has 0 bridgehead atoms. The molecule has 0 fully saturated rings. The fraction of sp³-hybridized carbons (Fsp3) is 0.250. The molecule has 1 aliphatic rings. The summed E-state index contributed by atoms with van der Waals surface area (Å²) in [6.07, 6.45) is 0. The summed E-state index contributed by atoms with van der Waals surface area (Å²) in [4.78, 5) is 24.6. The number of nitrogens with one attached hydrogen (secondary N) is 1. The van der Waals surface area contributed by atoms with Gasteiger partial charge in [0.25, 0.3) is 0 Å². The second-order valence-electron chi connectivity index (χ2n) is 4.79. The monoisotopic (exact) mass is 361 g/mol. The molecule has 0 radical (unpaired) electrons. The lowest BCUT2D eigenvalue weighted by Gasteiger charge is -2.31. The SMILES string of the molecule is COC(=O)[C@@H]1C(=O)NC(SCC#N)=C(C#N)[C@@H]1c1ccccc1Cl. The molecule has 0 unspecified atom stereocenters. The Bertz CT molecular complexity index is 794. The maximum atomic E-state index is 12.4. The third kappa shape index (κ3) is 3.38. The molecular weight excluding hydrogens is 350 g/mol. The van der Waals surface area contributed by atoms with Crippen molar-refractivity contribution in [2.75, 3.05) is 12.9 Å². The third-order valence-corrected chi connectivity index (χ3v) is 4.73. The van der Waals surface area contributed by atoms with Crippen LogP contribution in [0.2, 0.25) is 5.02 Å². The minimum Gasteiger partial charge on any atom is -0.468 e. The molecule has 0 saturated heterocycles. The normalized spacial score (nSPS) is 19.9. The van der Waals surface area contributed by atoms with Gasteiger partial charge in [0, 0.05) is 10.9 Å². The van der Waals surface area contributed by atoms with E-state index in [9.17, 15) is 14.9 Å². The summed E-state index contributed by atoms with van der Waals surface area (Å²) in [7, 11) is 1.18. The number of hydrogen-bond donors (Lipinski definition) is 1. The molecular formula is C16H12ClN3O3S. The Morgan fingerprint density at radius 1 is 1.42 bits per heavy atom. The van der Waals surface area contributed by atoms with Crippen molar-refractivity contribution in [1.29, 1.82) is 10.5 Å². The van der Waals surface area contributed by atoms with E-state index in [2.05, 4.69) is 5.32 Å². The lowest BCUT2D eigenvalue weighted by molar-refractivity contribution is -0.150. The van der Waals surface area contributed by atoms with E-state index in [0.29, 0.717) is 10.6 Å². The number of benzene rings is 1. The average Bonchev–Trinajstić information content (AvgIpc) is 2.59. The zero-order valence-electron chi connectivity index (χ0n) is 12.6. The molecule has 0 aliphatic carbocycles. The maximum absolute atomic E-state index is 12.4. The van der Waals surface area contributed by atoms with Crippen LogP contribution in [0.5, 0.6) is 0 Å². The maximum Gasteiger partial charge on any atom is 0.319 e. The summed E-state index contributed by atoms with van der Waals surface area (Å²) < 4.78 is 4.73. The Morgan fingerprint density at radius 3 is 2.71 bits per heavy atom. The number of allylic oxidation sites excluding steroid dienone is 1. The Labute approximate surface area is 148 Å². The number of thioether (sulfide) groups is 1. The van der Waals surface area contributed by atoms with Crippen molar-refractivity contribution in [1.82, 2.24) is 5.32 Å². The van der Waals surface area contributed by atoms with E-state index < -0.39 is 23.7 Å². The first-order chi connectivity index (χ1) is 11.5. The molecule has 6 nitrogen and oxygen atoms in total. The number of halogens is 1. The van der Waals surface area contributed by atoms with Gasteiger partial charge in [0.15, 0.2) is 0 Å². The number of esters is 1. The summed E-state index contributed by atoms with van der Waals surface area (Å²) in [6.45, 7) is 0. The summed E-state index contributed by atoms with van der Waals surface area (Å²) in [5.74, 6) is -3.39. The first-order valence-corrected chi connectivity index (χ1v) is 8.18. The molecule has 122 valence electrons. The van der Waals surface area contributed by atoms with Gasteiger partial charge >= 0.3 is 5.97 Å². The van der Waals surface area contributed by atoms with Gasteiger partial charge in [-0.05, 0) is 11.6 Å². The van der Waals surface area contributed by atoms with Crippen molar-refractivity contribution < 1.29 is 14.3 Å². The summed E-state index contributed by atoms with van der Waals surface area (Å²) in [6, 6.07) is 10.7. The minimum absolute atomic E-state index is 0.0545. The van der Waals surface area contributed by atoms with E-state index in [-0.39, 0.29) is 16.4 Å². The number of ether oxygens (including phenoxy) is 1. The molecule has 2 atom stereocenters. The quantitative estimate of drug-likeness (QED) is 0.652. The number of carbonyl (C=O) groups excluding carboxylic acids is 2. The largest absolute Gasteiger partial charge is 0.468 e. The molecule has 24 heavy (non-hydrogen) atoms. The molecule has 0 aromatic heterocycles. The molecule has 1 N–H and O–H groups in total. The van der Waals surface area contributed by atoms with Crippen LogP contribution in [0.1, 0.15) is 11.5 Å². The van der Waals surface area contributed by atoms with Gasteiger partial charge in [-0.25, -0.2) is 0 Å². The van der Waals surface area contributed by atoms with Crippen molar-refractivity contribution in [2.45, 2.75) is 5.92 Å². The lowest BCUT2D eigenvalue weighted by Crippen LogP contribution is -2.44. The van der Waals surface area contributed by atoms with E-state index in [1.165, 1.54) is 7.11 Å². The average molecular weight is 362 g/mol. The highest BCUT2D eigenvalue weighted by Gasteiger charge is 2.44. The number of rotatable bonds is 4. The molecule has 0 spiro atoms. The molecule has 1 aromatic rings. The van der Waals surface area contributed by atoms with Gasteiger partial charge in [-0.1, -0.05) is 41.6 Å². The van der Waals surface area contributed by atoms with Crippen molar-refractivity contribution in [2.24, 2.45) is 5.92 Å². The van der Waals surface area contributed by atoms with Gasteiger partial charge in [0.2, 0.25) is 5.91 Å². The standard InChI is InChI=1S/C16H12ClN3O3S/c1-23-16(22)13-12(9-4-2-3-5-11(9)17)10(8-19)15(20-14(13)21)24-7-6-18/h2-5,12-13H,7H2,1H3,(H,20,21)/t12-,13-/m0/s1. The summed E-state index contributed by atoms with van der Waals surface area (Å²) in [5.41, 5.74) is 0.661. The zero-order valence-corrected chi connectivity index (χ0v) is 14.1. The van der Waals surface area contributed by atoms with E-state index in [1.54, 1.807) is 24.3 Å². The topological polar surface area (TPSA) is 103 Å². The van der Waals surface area contributed by atoms with Gasteiger partial charge < -0.3 is 10.1 Å². The smallest absolute Gasteiger partial charge is 0.319 e. The highest BCUT2D eigenvalue weighted by atomic mass is 35.5. The second-order valence-corrected chi connectivity index (χ2v) is 6.18. The summed E-state index contributed by atoms with van der Waals surface area (Å²) in [5, 5.41) is 21.5. The Kier molecular flexibility index (Phi) is 5.86. The van der Waals surface area contributed by atoms with Crippen LogP contribution < -0.4 is 5.32 Å². The van der Waals surface area contributed by atoms with Crippen LogP contribution >= 0.6 is 23.4 Å². The number of nitriles is 2. The van der Waals surface area contributed by atoms with Crippen molar-refractivity contribution in [3.63, 3.8) is 0 Å². The summed E-state index contributed by atoms with van der Waals surface area (Å²) >= 11 is 7.25. The Balaban J connectivity index is 2.65. The van der Waals surface area contributed by atoms with Crippen LogP contribution in [0.15, 0.2) is 34.9 Å². The van der Waals surface area contributed by atoms with Crippen LogP contribution in [-0.4, -0.2) is 24.7 Å². The Morgan fingerprint density at radius 2 is 2.12 bits per heavy atom. The lowest BCUT2D eigenvalue weighted by atomic mass is 9.78. The van der Waals surface area contributed by atoms with Gasteiger partial charge in [0.05, 0.1) is 35.6 Å². The molecule has 0 saturated carbocycles. The first-order valence-electron chi connectivity index (χ1n) is 6.82. The molecule has 1 aromatic carbocycles. The fourth-order valence-corrected chi connectivity index (χ4v) is 3.45. The van der Waals surface area contributed by atoms with Crippen molar-refractivity contribution >= 4 is 35.2 Å². The fourth-order valence-electron chi connectivity index (χ4n) is 2.49. The highest BCUT2D eigenvalue weighted by molar-refractivity contribution is 8.03. The van der Waals surface area contributed by atoms with E-state index >= 15 is 0 Å². The Hall–Kier alpha value is -2.48. The van der Waals surface area contributed by atoms with Gasteiger partial charge in [0.1, 0.15) is 5.92 Å². The van der Waals surface area contributed by atoms with E-state index in [1.807, 2.05) is 12.1 Å². The van der Waals surface area contributed by atoms with Crippen LogP contribution in [-0.2, 0) is 14.3 Å². The van der Waals surface area contributed by atoms with Gasteiger partial charge in [-0.2, -0.15) is 10.5 Å². The van der Waals surface area contributed by atoms with Gasteiger partial charge in [-0.3, -0.25) is 9.59 Å².